The third-order valence-electron chi connectivity index (χ3n) is 3.79. The SMILES string of the molecule is CC(C)OP1(=S)OCC2(F)OC(n3ccc(=O)[nH]c3=O)C(C)(F)C2O1. The number of aromatic amines is 1. The van der Waals surface area contributed by atoms with E-state index in [1.807, 2.05) is 4.98 Å². The first-order valence-corrected chi connectivity index (χ1v) is 10.0. The molecule has 0 aromatic carbocycles. The van der Waals surface area contributed by atoms with Crippen LogP contribution in [-0.4, -0.2) is 39.9 Å². The number of hydrogen-bond donors (Lipinski definition) is 1. The van der Waals surface area contributed by atoms with Gasteiger partial charge < -0.3 is 13.8 Å². The third kappa shape index (κ3) is 3.24. The first-order valence-electron chi connectivity index (χ1n) is 7.45. The third-order valence-corrected chi connectivity index (χ3v) is 6.22. The Hall–Kier alpha value is -0.970. The molecule has 25 heavy (non-hydrogen) atoms. The number of H-pyrrole nitrogens is 1. The fourth-order valence-corrected chi connectivity index (χ4v) is 5.36. The van der Waals surface area contributed by atoms with E-state index >= 15 is 8.78 Å². The molecule has 1 aromatic heterocycles. The molecule has 0 radical (unpaired) electrons. The second kappa shape index (κ2) is 6.04. The molecule has 12 heteroatoms. The smallest absolute Gasteiger partial charge is 0.314 e. The zero-order valence-electron chi connectivity index (χ0n) is 13.6. The monoisotopic (exact) mass is 398 g/mol. The van der Waals surface area contributed by atoms with Gasteiger partial charge in [0.25, 0.3) is 11.4 Å². The van der Waals surface area contributed by atoms with Crippen molar-refractivity contribution >= 4 is 18.5 Å². The normalized spacial score (nSPS) is 41.0. The van der Waals surface area contributed by atoms with E-state index in [1.54, 1.807) is 13.8 Å². The average molecular weight is 398 g/mol. The van der Waals surface area contributed by atoms with E-state index in [0.717, 1.165) is 23.8 Å². The Morgan fingerprint density at radius 1 is 1.48 bits per heavy atom. The van der Waals surface area contributed by atoms with Gasteiger partial charge in [0.2, 0.25) is 0 Å². The fraction of sp³-hybridized carbons (Fsp3) is 0.692. The van der Waals surface area contributed by atoms with E-state index in [1.165, 1.54) is 0 Å². The maximum atomic E-state index is 15.4. The van der Waals surface area contributed by atoms with Crippen molar-refractivity contribution in [1.29, 1.82) is 0 Å². The number of halogens is 2. The second-order valence-electron chi connectivity index (χ2n) is 6.29. The van der Waals surface area contributed by atoms with E-state index in [2.05, 4.69) is 0 Å². The highest BCUT2D eigenvalue weighted by Gasteiger charge is 2.69. The molecule has 2 fully saturated rings. The van der Waals surface area contributed by atoms with Gasteiger partial charge in [0.15, 0.2) is 18.0 Å². The lowest BCUT2D eigenvalue weighted by atomic mass is 9.97. The minimum absolute atomic E-state index is 0.372. The van der Waals surface area contributed by atoms with Gasteiger partial charge in [-0.25, -0.2) is 13.6 Å². The van der Waals surface area contributed by atoms with Gasteiger partial charge in [0.1, 0.15) is 6.61 Å². The van der Waals surface area contributed by atoms with Crippen molar-refractivity contribution in [3.8, 4) is 0 Å². The van der Waals surface area contributed by atoms with Crippen LogP contribution in [-0.2, 0) is 30.1 Å². The zero-order chi connectivity index (χ0) is 18.6. The molecule has 0 saturated carbocycles. The Kier molecular flexibility index (Phi) is 4.54. The van der Waals surface area contributed by atoms with Gasteiger partial charge in [0.05, 0.1) is 6.10 Å². The van der Waals surface area contributed by atoms with E-state index in [-0.39, 0.29) is 6.10 Å². The number of alkyl halides is 2. The zero-order valence-corrected chi connectivity index (χ0v) is 15.3. The molecule has 3 rings (SSSR count). The van der Waals surface area contributed by atoms with Gasteiger partial charge in [-0.1, -0.05) is 0 Å². The summed E-state index contributed by atoms with van der Waals surface area (Å²) >= 11 is 5.14. The van der Waals surface area contributed by atoms with Crippen LogP contribution >= 0.6 is 6.72 Å². The Morgan fingerprint density at radius 3 is 2.76 bits per heavy atom. The average Bonchev–Trinajstić information content (AvgIpc) is 2.67. The topological polar surface area (TPSA) is 91.8 Å². The predicted octanol–water partition coefficient (Wildman–Crippen LogP) is 1.52. The van der Waals surface area contributed by atoms with Crippen molar-refractivity contribution in [3.05, 3.63) is 33.1 Å². The highest BCUT2D eigenvalue weighted by Crippen LogP contribution is 2.63. The minimum Gasteiger partial charge on any atom is -0.314 e. The first kappa shape index (κ1) is 18.8. The summed E-state index contributed by atoms with van der Waals surface area (Å²) in [6.45, 7) is 0.321. The lowest BCUT2D eigenvalue weighted by molar-refractivity contribution is -0.217. The van der Waals surface area contributed by atoms with E-state index in [9.17, 15) is 9.59 Å². The summed E-state index contributed by atoms with van der Waals surface area (Å²) in [6.07, 6.45) is -2.80. The molecule has 8 nitrogen and oxygen atoms in total. The molecule has 1 N–H and O–H groups in total. The van der Waals surface area contributed by atoms with Crippen molar-refractivity contribution in [2.24, 2.45) is 0 Å². The lowest BCUT2D eigenvalue weighted by Gasteiger charge is -2.39. The summed E-state index contributed by atoms with van der Waals surface area (Å²) < 4.78 is 52.3. The van der Waals surface area contributed by atoms with Crippen molar-refractivity contribution < 1.29 is 27.1 Å². The van der Waals surface area contributed by atoms with Crippen LogP contribution in [0.3, 0.4) is 0 Å². The molecule has 1 aromatic rings. The maximum Gasteiger partial charge on any atom is 0.330 e. The highest BCUT2D eigenvalue weighted by molar-refractivity contribution is 8.07. The first-order chi connectivity index (χ1) is 11.5. The van der Waals surface area contributed by atoms with Crippen LogP contribution in [0.5, 0.6) is 0 Å². The van der Waals surface area contributed by atoms with Gasteiger partial charge in [-0.2, -0.15) is 0 Å². The van der Waals surface area contributed by atoms with Gasteiger partial charge in [-0.05, 0) is 32.6 Å². The number of fused-ring (bicyclic) bond motifs is 1. The number of nitrogens with zero attached hydrogens (tertiary/aromatic N) is 1. The molecule has 2 aliphatic rings. The summed E-state index contributed by atoms with van der Waals surface area (Å²) in [7, 11) is 0. The minimum atomic E-state index is -3.37. The predicted molar refractivity (Wildman–Crippen MR) is 86.1 cm³/mol. The van der Waals surface area contributed by atoms with Crippen LogP contribution in [0.2, 0.25) is 0 Å². The molecule has 0 aliphatic carbocycles. The van der Waals surface area contributed by atoms with E-state index in [4.69, 9.17) is 30.1 Å². The van der Waals surface area contributed by atoms with Gasteiger partial charge in [-0.3, -0.25) is 18.9 Å². The van der Waals surface area contributed by atoms with E-state index in [0.29, 0.717) is 0 Å². The van der Waals surface area contributed by atoms with Crippen molar-refractivity contribution in [2.45, 2.75) is 50.7 Å². The van der Waals surface area contributed by atoms with Crippen LogP contribution in [0.1, 0.15) is 27.0 Å². The van der Waals surface area contributed by atoms with Gasteiger partial charge >= 0.3 is 12.4 Å². The molecule has 5 atom stereocenters. The molecule has 0 amide bonds. The fourth-order valence-electron chi connectivity index (χ4n) is 2.79. The quantitative estimate of drug-likeness (QED) is 0.772. The number of hydrogen-bond acceptors (Lipinski definition) is 7. The Labute approximate surface area is 146 Å². The Bertz CT molecular complexity index is 842. The Morgan fingerprint density at radius 2 is 2.16 bits per heavy atom. The summed E-state index contributed by atoms with van der Waals surface area (Å²) in [4.78, 5) is 25.1. The number of aromatic nitrogens is 2. The number of rotatable bonds is 3. The molecule has 140 valence electrons. The highest BCUT2D eigenvalue weighted by atomic mass is 32.5. The lowest BCUT2D eigenvalue weighted by Crippen LogP contribution is -2.51. The molecule has 5 unspecified atom stereocenters. The van der Waals surface area contributed by atoms with Crippen LogP contribution in [0.25, 0.3) is 0 Å². The van der Waals surface area contributed by atoms with Crippen LogP contribution in [0, 0.1) is 0 Å². The summed E-state index contributed by atoms with van der Waals surface area (Å²) in [6, 6.07) is 0.997. The molecule has 3 heterocycles. The summed E-state index contributed by atoms with van der Waals surface area (Å²) in [5.74, 6) is -2.66. The maximum absolute atomic E-state index is 15.4. The van der Waals surface area contributed by atoms with Crippen LogP contribution in [0.15, 0.2) is 21.9 Å². The standard InChI is InChI=1S/C13H17F2N2O6PS/c1-7(2)22-24(25)20-6-13(15)9(23-24)12(3,14)10(21-13)17-5-4-8(18)16-11(17)19/h4-5,7,9-10H,6H2,1-3H3,(H,16,18,19). The van der Waals surface area contributed by atoms with Crippen molar-refractivity contribution in [1.82, 2.24) is 9.55 Å². The van der Waals surface area contributed by atoms with Crippen LogP contribution < -0.4 is 11.2 Å². The molecule has 0 bridgehead atoms. The summed E-state index contributed by atoms with van der Waals surface area (Å²) in [5, 5.41) is 0. The number of ether oxygens (including phenoxy) is 1. The molecular formula is C13H17F2N2O6PS. The Balaban J connectivity index is 1.98. The van der Waals surface area contributed by atoms with E-state index < -0.39 is 48.4 Å². The molecular weight excluding hydrogens is 381 g/mol. The largest absolute Gasteiger partial charge is 0.330 e. The second-order valence-corrected chi connectivity index (χ2v) is 9.20. The molecule has 0 spiro atoms. The molecule has 2 saturated heterocycles. The number of nitrogens with one attached hydrogen (secondary N) is 1. The van der Waals surface area contributed by atoms with Gasteiger partial charge in [0, 0.05) is 12.3 Å². The van der Waals surface area contributed by atoms with Gasteiger partial charge in [-0.15, -0.1) is 0 Å². The van der Waals surface area contributed by atoms with Crippen molar-refractivity contribution in [2.75, 3.05) is 6.61 Å². The molecule has 2 aliphatic heterocycles. The van der Waals surface area contributed by atoms with Crippen LogP contribution in [0.4, 0.5) is 8.78 Å². The van der Waals surface area contributed by atoms with Crippen molar-refractivity contribution in [3.63, 3.8) is 0 Å². The summed E-state index contributed by atoms with van der Waals surface area (Å²) in [5.41, 5.74) is -4.10.